The number of para-hydroxylation sites is 1. The van der Waals surface area contributed by atoms with Crippen LogP contribution in [-0.2, 0) is 11.2 Å². The monoisotopic (exact) mass is 306 g/mol. The fraction of sp³-hybridized carbons (Fsp3) is 0.267. The van der Waals surface area contributed by atoms with Crippen LogP contribution in [0, 0.1) is 13.8 Å². The first kappa shape index (κ1) is 15.3. The second-order valence-electron chi connectivity index (χ2n) is 4.72. The summed E-state index contributed by atoms with van der Waals surface area (Å²) in [7, 11) is 0. The van der Waals surface area contributed by atoms with Crippen molar-refractivity contribution in [1.82, 2.24) is 9.55 Å². The summed E-state index contributed by atoms with van der Waals surface area (Å²) in [5.74, 6) is -0.885. The van der Waals surface area contributed by atoms with Crippen molar-refractivity contribution in [2.75, 3.05) is 0 Å². The molecule has 21 heavy (non-hydrogen) atoms. The van der Waals surface area contributed by atoms with E-state index in [9.17, 15) is 9.59 Å². The Kier molecular flexibility index (Phi) is 4.43. The van der Waals surface area contributed by atoms with Crippen molar-refractivity contribution in [2.45, 2.75) is 26.7 Å². The lowest BCUT2D eigenvalue weighted by atomic mass is 10.1. The van der Waals surface area contributed by atoms with Gasteiger partial charge in [-0.1, -0.05) is 23.7 Å². The minimum absolute atomic E-state index is 0.00984. The molecule has 5 nitrogen and oxygen atoms in total. The number of nitrogens with zero attached hydrogens (tertiary/aromatic N) is 2. The smallest absolute Gasteiger partial charge is 0.352 e. The molecule has 0 aliphatic rings. The van der Waals surface area contributed by atoms with E-state index in [2.05, 4.69) is 4.98 Å². The molecule has 0 aliphatic carbocycles. The van der Waals surface area contributed by atoms with Crippen LogP contribution >= 0.6 is 11.6 Å². The van der Waals surface area contributed by atoms with Gasteiger partial charge in [-0.3, -0.25) is 9.36 Å². The maximum absolute atomic E-state index is 12.2. The van der Waals surface area contributed by atoms with Crippen molar-refractivity contribution < 1.29 is 9.90 Å². The number of aliphatic carboxylic acids is 1. The lowest BCUT2D eigenvalue weighted by Crippen LogP contribution is -2.26. The maximum Gasteiger partial charge on any atom is 0.352 e. The molecule has 110 valence electrons. The summed E-state index contributed by atoms with van der Waals surface area (Å²) in [5, 5.41) is 9.27. The van der Waals surface area contributed by atoms with Crippen LogP contribution in [0.5, 0.6) is 0 Å². The first-order valence-corrected chi connectivity index (χ1v) is 6.85. The average Bonchev–Trinajstić information content (AvgIpc) is 2.40. The SMILES string of the molecule is Cc1nc(=O)n(-c2ccccc2Cl)c(C)c1CCC(=O)O. The van der Waals surface area contributed by atoms with Gasteiger partial charge in [0.1, 0.15) is 0 Å². The zero-order valence-electron chi connectivity index (χ0n) is 11.8. The molecule has 0 spiro atoms. The van der Waals surface area contributed by atoms with Crippen molar-refractivity contribution >= 4 is 17.6 Å². The lowest BCUT2D eigenvalue weighted by molar-refractivity contribution is -0.136. The number of rotatable bonds is 4. The van der Waals surface area contributed by atoms with Crippen molar-refractivity contribution in [3.63, 3.8) is 0 Å². The molecule has 1 aromatic carbocycles. The molecule has 0 saturated heterocycles. The third-order valence-electron chi connectivity index (χ3n) is 3.35. The third kappa shape index (κ3) is 3.13. The van der Waals surface area contributed by atoms with Crippen LogP contribution in [0.2, 0.25) is 5.02 Å². The van der Waals surface area contributed by atoms with E-state index in [0.29, 0.717) is 28.5 Å². The van der Waals surface area contributed by atoms with Crippen molar-refractivity contribution in [1.29, 1.82) is 0 Å². The van der Waals surface area contributed by atoms with Gasteiger partial charge in [-0.15, -0.1) is 0 Å². The Morgan fingerprint density at radius 1 is 1.33 bits per heavy atom. The van der Waals surface area contributed by atoms with Gasteiger partial charge in [0.15, 0.2) is 0 Å². The Hall–Kier alpha value is -2.14. The van der Waals surface area contributed by atoms with E-state index in [1.54, 1.807) is 38.1 Å². The van der Waals surface area contributed by atoms with E-state index in [4.69, 9.17) is 16.7 Å². The van der Waals surface area contributed by atoms with Crippen molar-refractivity contribution in [3.05, 3.63) is 56.7 Å². The fourth-order valence-electron chi connectivity index (χ4n) is 2.31. The summed E-state index contributed by atoms with van der Waals surface area (Å²) < 4.78 is 1.42. The zero-order chi connectivity index (χ0) is 15.6. The summed E-state index contributed by atoms with van der Waals surface area (Å²) in [5.41, 5.74) is 2.11. The molecule has 6 heteroatoms. The molecular formula is C15H15ClN2O3. The number of aryl methyl sites for hydroxylation is 1. The van der Waals surface area contributed by atoms with Gasteiger partial charge in [-0.25, -0.2) is 4.79 Å². The maximum atomic E-state index is 12.2. The molecule has 2 aromatic rings. The van der Waals surface area contributed by atoms with Gasteiger partial charge in [0.25, 0.3) is 0 Å². The highest BCUT2D eigenvalue weighted by atomic mass is 35.5. The van der Waals surface area contributed by atoms with Crippen LogP contribution < -0.4 is 5.69 Å². The summed E-state index contributed by atoms with van der Waals surface area (Å²) in [6.07, 6.45) is 0.314. The second kappa shape index (κ2) is 6.10. The molecule has 0 amide bonds. The van der Waals surface area contributed by atoms with Crippen LogP contribution in [0.15, 0.2) is 29.1 Å². The van der Waals surface area contributed by atoms with E-state index < -0.39 is 11.7 Å². The van der Waals surface area contributed by atoms with Gasteiger partial charge in [-0.05, 0) is 38.0 Å². The third-order valence-corrected chi connectivity index (χ3v) is 3.67. The summed E-state index contributed by atoms with van der Waals surface area (Å²) in [4.78, 5) is 26.9. The van der Waals surface area contributed by atoms with Gasteiger partial charge in [-0.2, -0.15) is 4.98 Å². The Bertz CT molecular complexity index is 753. The molecule has 0 aliphatic heterocycles. The number of carboxylic acid groups (broad SMARTS) is 1. The molecule has 0 bridgehead atoms. The molecule has 1 aromatic heterocycles. The van der Waals surface area contributed by atoms with Gasteiger partial charge in [0.2, 0.25) is 0 Å². The van der Waals surface area contributed by atoms with Gasteiger partial charge in [0.05, 0.1) is 10.7 Å². The standard InChI is InChI=1S/C15H15ClN2O3/c1-9-11(7-8-14(19)20)10(2)18(15(21)17-9)13-6-4-3-5-12(13)16/h3-6H,7-8H2,1-2H3,(H,19,20). The number of carboxylic acids is 1. The number of halogens is 1. The molecule has 1 N–H and O–H groups in total. The first-order chi connectivity index (χ1) is 9.91. The molecule has 1 heterocycles. The summed E-state index contributed by atoms with van der Waals surface area (Å²) in [6.45, 7) is 3.49. The van der Waals surface area contributed by atoms with Gasteiger partial charge < -0.3 is 5.11 Å². The van der Waals surface area contributed by atoms with E-state index in [0.717, 1.165) is 5.56 Å². The zero-order valence-corrected chi connectivity index (χ0v) is 12.5. The Morgan fingerprint density at radius 3 is 2.62 bits per heavy atom. The molecule has 0 atom stereocenters. The lowest BCUT2D eigenvalue weighted by Gasteiger charge is -2.16. The quantitative estimate of drug-likeness (QED) is 0.942. The average molecular weight is 307 g/mol. The van der Waals surface area contributed by atoms with E-state index >= 15 is 0 Å². The molecule has 2 rings (SSSR count). The van der Waals surface area contributed by atoms with Crippen LogP contribution in [0.4, 0.5) is 0 Å². The van der Waals surface area contributed by atoms with E-state index in [1.165, 1.54) is 4.57 Å². The van der Waals surface area contributed by atoms with Crippen molar-refractivity contribution in [3.8, 4) is 5.69 Å². The van der Waals surface area contributed by atoms with E-state index in [1.807, 2.05) is 0 Å². The predicted octanol–water partition coefficient (Wildman–Crippen LogP) is 2.52. The highest BCUT2D eigenvalue weighted by Crippen LogP contribution is 2.22. The minimum Gasteiger partial charge on any atom is -0.481 e. The van der Waals surface area contributed by atoms with Crippen molar-refractivity contribution in [2.24, 2.45) is 0 Å². The Morgan fingerprint density at radius 2 is 2.00 bits per heavy atom. The number of hydrogen-bond acceptors (Lipinski definition) is 3. The molecule has 0 fully saturated rings. The number of hydrogen-bond donors (Lipinski definition) is 1. The van der Waals surface area contributed by atoms with Crippen LogP contribution in [-0.4, -0.2) is 20.6 Å². The molecule has 0 saturated carbocycles. The normalized spacial score (nSPS) is 10.6. The predicted molar refractivity (Wildman–Crippen MR) is 80.3 cm³/mol. The first-order valence-electron chi connectivity index (χ1n) is 6.47. The van der Waals surface area contributed by atoms with Crippen LogP contribution in [0.3, 0.4) is 0 Å². The Labute approximate surface area is 126 Å². The highest BCUT2D eigenvalue weighted by molar-refractivity contribution is 6.32. The summed E-state index contributed by atoms with van der Waals surface area (Å²) in [6, 6.07) is 6.98. The molecule has 0 unspecified atom stereocenters. The van der Waals surface area contributed by atoms with E-state index in [-0.39, 0.29) is 6.42 Å². The highest BCUT2D eigenvalue weighted by Gasteiger charge is 2.15. The van der Waals surface area contributed by atoms with Crippen LogP contribution in [0.1, 0.15) is 23.4 Å². The number of benzene rings is 1. The molecule has 0 radical (unpaired) electrons. The Balaban J connectivity index is 2.62. The van der Waals surface area contributed by atoms with Gasteiger partial charge >= 0.3 is 11.7 Å². The number of carbonyl (C=O) groups is 1. The van der Waals surface area contributed by atoms with Crippen LogP contribution in [0.25, 0.3) is 5.69 Å². The summed E-state index contributed by atoms with van der Waals surface area (Å²) >= 11 is 6.14. The topological polar surface area (TPSA) is 72.2 Å². The second-order valence-corrected chi connectivity index (χ2v) is 5.13. The minimum atomic E-state index is -0.885. The largest absolute Gasteiger partial charge is 0.481 e. The number of aromatic nitrogens is 2. The van der Waals surface area contributed by atoms with Gasteiger partial charge in [0, 0.05) is 17.8 Å². The molecular weight excluding hydrogens is 292 g/mol. The fourth-order valence-corrected chi connectivity index (χ4v) is 2.53.